The van der Waals surface area contributed by atoms with Gasteiger partial charge in [-0.1, -0.05) is 17.7 Å². The number of rotatable bonds is 7. The minimum atomic E-state index is -0.00425. The molecular formula is C24H29ClN4O3. The zero-order chi connectivity index (χ0) is 21.6. The molecule has 8 heteroatoms. The molecule has 0 unspecified atom stereocenters. The normalized spacial score (nSPS) is 13.4. The van der Waals surface area contributed by atoms with Gasteiger partial charge in [-0.25, -0.2) is 4.98 Å². The first-order valence-electron chi connectivity index (χ1n) is 10.6. The molecule has 7 nitrogen and oxygen atoms in total. The van der Waals surface area contributed by atoms with Crippen molar-refractivity contribution in [1.82, 2.24) is 14.5 Å². The Hall–Kier alpha value is -3.19. The molecule has 0 aliphatic carbocycles. The van der Waals surface area contributed by atoms with Crippen LogP contribution in [0.3, 0.4) is 0 Å². The maximum atomic E-state index is 12.6. The molecule has 0 saturated carbocycles. The monoisotopic (exact) mass is 456 g/mol. The maximum absolute atomic E-state index is 12.6. The quantitative estimate of drug-likeness (QED) is 0.542. The molecule has 0 atom stereocenters. The Balaban J connectivity index is 0.00000289. The fraction of sp³-hybridized carbons (Fsp3) is 0.333. The van der Waals surface area contributed by atoms with Crippen LogP contribution in [0, 0.1) is 6.92 Å². The summed E-state index contributed by atoms with van der Waals surface area (Å²) in [6, 6.07) is 15.7. The number of anilines is 1. The van der Waals surface area contributed by atoms with Crippen LogP contribution in [0.5, 0.6) is 11.5 Å². The van der Waals surface area contributed by atoms with E-state index in [0.717, 1.165) is 30.5 Å². The topological polar surface area (TPSA) is 59.8 Å². The van der Waals surface area contributed by atoms with Gasteiger partial charge in [0.2, 0.25) is 5.95 Å². The van der Waals surface area contributed by atoms with Gasteiger partial charge in [-0.05, 0) is 50.2 Å². The molecule has 1 fully saturated rings. The van der Waals surface area contributed by atoms with E-state index in [1.807, 2.05) is 48.5 Å². The Morgan fingerprint density at radius 2 is 1.56 bits per heavy atom. The molecule has 3 aromatic rings. The molecule has 0 bridgehead atoms. The second-order valence-electron chi connectivity index (χ2n) is 7.49. The molecule has 1 aliphatic rings. The van der Waals surface area contributed by atoms with Crippen molar-refractivity contribution in [3.05, 3.63) is 66.5 Å². The summed E-state index contributed by atoms with van der Waals surface area (Å²) in [5.74, 6) is 2.36. The third-order valence-corrected chi connectivity index (χ3v) is 5.35. The number of aryl methyl sites for hydroxylation is 1. The summed E-state index contributed by atoms with van der Waals surface area (Å²) >= 11 is 0. The van der Waals surface area contributed by atoms with Crippen LogP contribution in [0.4, 0.5) is 5.95 Å². The molecule has 1 amide bonds. The summed E-state index contributed by atoms with van der Waals surface area (Å²) in [7, 11) is 0. The average molecular weight is 457 g/mol. The molecule has 1 saturated heterocycles. The molecular weight excluding hydrogens is 428 g/mol. The first kappa shape index (κ1) is 23.5. The van der Waals surface area contributed by atoms with Crippen molar-refractivity contribution in [3.8, 4) is 17.2 Å². The predicted octanol–water partition coefficient (Wildman–Crippen LogP) is 3.73. The van der Waals surface area contributed by atoms with Gasteiger partial charge in [0.15, 0.2) is 6.61 Å². The van der Waals surface area contributed by atoms with Crippen LogP contribution in [-0.4, -0.2) is 59.8 Å². The molecule has 0 radical (unpaired) electrons. The van der Waals surface area contributed by atoms with Crippen molar-refractivity contribution in [3.63, 3.8) is 0 Å². The van der Waals surface area contributed by atoms with E-state index in [2.05, 4.69) is 45.6 Å². The third kappa shape index (κ3) is 5.53. The lowest BCUT2D eigenvalue weighted by Crippen LogP contribution is -2.50. The number of piperazine rings is 1. The molecule has 170 valence electrons. The molecule has 2 aromatic carbocycles. The summed E-state index contributed by atoms with van der Waals surface area (Å²) < 4.78 is 13.2. The summed E-state index contributed by atoms with van der Waals surface area (Å²) in [5, 5.41) is 0. The van der Waals surface area contributed by atoms with Gasteiger partial charge in [-0.15, -0.1) is 12.4 Å². The SMILES string of the molecule is CCOc1ccc(OCC(=O)N2CCN(c3nccn3-c3ccc(C)cc3)CC2)cc1.Cl. The third-order valence-electron chi connectivity index (χ3n) is 5.35. The molecule has 0 N–H and O–H groups in total. The Bertz CT molecular complexity index is 997. The van der Waals surface area contributed by atoms with Crippen molar-refractivity contribution in [1.29, 1.82) is 0 Å². The Morgan fingerprint density at radius 3 is 2.19 bits per heavy atom. The molecule has 0 spiro atoms. The van der Waals surface area contributed by atoms with E-state index in [9.17, 15) is 4.79 Å². The maximum Gasteiger partial charge on any atom is 0.260 e. The standard InChI is InChI=1S/C24H28N4O3.ClH/c1-3-30-21-8-10-22(11-9-21)31-18-23(29)26-14-16-27(17-15-26)24-25-12-13-28(24)20-6-4-19(2)5-7-20;/h4-13H,3,14-18H2,1-2H3;1H. The lowest BCUT2D eigenvalue weighted by molar-refractivity contribution is -0.133. The van der Waals surface area contributed by atoms with E-state index >= 15 is 0 Å². The number of halogens is 1. The molecule has 1 aromatic heterocycles. The largest absolute Gasteiger partial charge is 0.494 e. The highest BCUT2D eigenvalue weighted by atomic mass is 35.5. The van der Waals surface area contributed by atoms with Gasteiger partial charge in [0.05, 0.1) is 6.61 Å². The lowest BCUT2D eigenvalue weighted by Gasteiger charge is -2.35. The van der Waals surface area contributed by atoms with Crippen LogP contribution < -0.4 is 14.4 Å². The lowest BCUT2D eigenvalue weighted by atomic mass is 10.2. The van der Waals surface area contributed by atoms with E-state index < -0.39 is 0 Å². The highest BCUT2D eigenvalue weighted by molar-refractivity contribution is 5.85. The first-order chi connectivity index (χ1) is 15.1. The zero-order valence-electron chi connectivity index (χ0n) is 18.4. The number of benzene rings is 2. The minimum absolute atomic E-state index is 0. The first-order valence-corrected chi connectivity index (χ1v) is 10.6. The smallest absolute Gasteiger partial charge is 0.260 e. The summed E-state index contributed by atoms with van der Waals surface area (Å²) in [6.07, 6.45) is 3.79. The fourth-order valence-corrected chi connectivity index (χ4v) is 3.63. The zero-order valence-corrected chi connectivity index (χ0v) is 19.3. The second kappa shape index (κ2) is 10.9. The minimum Gasteiger partial charge on any atom is -0.494 e. The van der Waals surface area contributed by atoms with Gasteiger partial charge < -0.3 is 19.3 Å². The highest BCUT2D eigenvalue weighted by Gasteiger charge is 2.24. The number of hydrogen-bond donors (Lipinski definition) is 0. The number of ether oxygens (including phenoxy) is 2. The van der Waals surface area contributed by atoms with Crippen LogP contribution >= 0.6 is 12.4 Å². The molecule has 32 heavy (non-hydrogen) atoms. The van der Waals surface area contributed by atoms with Crippen LogP contribution in [0.25, 0.3) is 5.69 Å². The van der Waals surface area contributed by atoms with Crippen molar-refractivity contribution in [2.45, 2.75) is 13.8 Å². The number of nitrogens with zero attached hydrogens (tertiary/aromatic N) is 4. The fourth-order valence-electron chi connectivity index (χ4n) is 3.63. The average Bonchev–Trinajstić information content (AvgIpc) is 3.29. The highest BCUT2D eigenvalue weighted by Crippen LogP contribution is 2.21. The number of aromatic nitrogens is 2. The molecule has 2 heterocycles. The van der Waals surface area contributed by atoms with Crippen molar-refractivity contribution >= 4 is 24.3 Å². The van der Waals surface area contributed by atoms with Crippen LogP contribution in [0.2, 0.25) is 0 Å². The van der Waals surface area contributed by atoms with E-state index in [1.165, 1.54) is 5.56 Å². The molecule has 1 aliphatic heterocycles. The predicted molar refractivity (Wildman–Crippen MR) is 127 cm³/mol. The Labute approximate surface area is 195 Å². The van der Waals surface area contributed by atoms with Gasteiger partial charge in [0, 0.05) is 44.3 Å². The number of carbonyl (C=O) groups is 1. The number of imidazole rings is 1. The van der Waals surface area contributed by atoms with Crippen LogP contribution in [0.1, 0.15) is 12.5 Å². The second-order valence-corrected chi connectivity index (χ2v) is 7.49. The van der Waals surface area contributed by atoms with Crippen molar-refractivity contribution in [2.75, 3.05) is 44.3 Å². The summed E-state index contributed by atoms with van der Waals surface area (Å²) in [4.78, 5) is 21.2. The summed E-state index contributed by atoms with van der Waals surface area (Å²) in [5.41, 5.74) is 2.31. The van der Waals surface area contributed by atoms with E-state index in [4.69, 9.17) is 9.47 Å². The van der Waals surface area contributed by atoms with Crippen LogP contribution in [-0.2, 0) is 4.79 Å². The van der Waals surface area contributed by atoms with Gasteiger partial charge in [-0.2, -0.15) is 0 Å². The van der Waals surface area contributed by atoms with E-state index in [1.54, 1.807) is 0 Å². The molecule has 4 rings (SSSR count). The number of carbonyl (C=O) groups excluding carboxylic acids is 1. The van der Waals surface area contributed by atoms with Gasteiger partial charge in [0.25, 0.3) is 5.91 Å². The summed E-state index contributed by atoms with van der Waals surface area (Å²) in [6.45, 7) is 7.43. The number of hydrogen-bond acceptors (Lipinski definition) is 5. The Morgan fingerprint density at radius 1 is 0.938 bits per heavy atom. The van der Waals surface area contributed by atoms with Gasteiger partial charge >= 0.3 is 0 Å². The van der Waals surface area contributed by atoms with Gasteiger partial charge in [-0.3, -0.25) is 9.36 Å². The van der Waals surface area contributed by atoms with E-state index in [-0.39, 0.29) is 24.9 Å². The van der Waals surface area contributed by atoms with Crippen molar-refractivity contribution in [2.24, 2.45) is 0 Å². The van der Waals surface area contributed by atoms with E-state index in [0.29, 0.717) is 25.4 Å². The number of amides is 1. The van der Waals surface area contributed by atoms with Crippen molar-refractivity contribution < 1.29 is 14.3 Å². The van der Waals surface area contributed by atoms with Crippen LogP contribution in [0.15, 0.2) is 60.9 Å². The Kier molecular flexibility index (Phi) is 8.00. The van der Waals surface area contributed by atoms with Gasteiger partial charge in [0.1, 0.15) is 11.5 Å².